The third-order valence-electron chi connectivity index (χ3n) is 5.47. The van der Waals surface area contributed by atoms with Crippen molar-refractivity contribution >= 4 is 21.6 Å². The zero-order chi connectivity index (χ0) is 19.3. The van der Waals surface area contributed by atoms with E-state index in [4.69, 9.17) is 0 Å². The molecule has 2 aliphatic rings. The van der Waals surface area contributed by atoms with Gasteiger partial charge in [-0.15, -0.1) is 0 Å². The van der Waals surface area contributed by atoms with Crippen molar-refractivity contribution in [2.24, 2.45) is 0 Å². The summed E-state index contributed by atoms with van der Waals surface area (Å²) in [4.78, 5) is 15.0. The van der Waals surface area contributed by atoms with Crippen LogP contribution in [-0.4, -0.2) is 57.7 Å². The number of nitrogens with zero attached hydrogens (tertiary/aromatic N) is 2. The van der Waals surface area contributed by atoms with Gasteiger partial charge in [0, 0.05) is 18.7 Å². The molecule has 0 atom stereocenters. The fourth-order valence-corrected chi connectivity index (χ4v) is 5.56. The summed E-state index contributed by atoms with van der Waals surface area (Å²) in [6, 6.07) is 5.33. The van der Waals surface area contributed by atoms with E-state index in [2.05, 4.69) is 10.2 Å². The summed E-state index contributed by atoms with van der Waals surface area (Å²) < 4.78 is 26.3. The Hall–Kier alpha value is -1.60. The Balaban J connectivity index is 1.58. The van der Waals surface area contributed by atoms with Gasteiger partial charge in [-0.1, -0.05) is 12.5 Å². The van der Waals surface area contributed by atoms with E-state index in [0.717, 1.165) is 24.9 Å². The van der Waals surface area contributed by atoms with Gasteiger partial charge in [0.25, 0.3) is 5.91 Å². The standard InChI is InChI=1S/C20H31N3O3S/c1-17-8-9-18(16-19(17)23-14-5-6-15-27(23,25)26)20(24)21-10-7-13-22-11-3-2-4-12-22/h8-9,16H,2-7,10-15H2,1H3,(H,21,24). The second kappa shape index (κ2) is 9.06. The molecule has 1 aromatic carbocycles. The fraction of sp³-hybridized carbons (Fsp3) is 0.650. The molecule has 27 heavy (non-hydrogen) atoms. The Morgan fingerprint density at radius 1 is 1.07 bits per heavy atom. The largest absolute Gasteiger partial charge is 0.352 e. The van der Waals surface area contributed by atoms with Gasteiger partial charge in [-0.25, -0.2) is 8.42 Å². The molecule has 0 saturated carbocycles. The third kappa shape index (κ3) is 5.23. The number of anilines is 1. The van der Waals surface area contributed by atoms with E-state index in [9.17, 15) is 13.2 Å². The number of rotatable bonds is 6. The molecule has 2 fully saturated rings. The normalized spacial score (nSPS) is 20.4. The number of amides is 1. The average molecular weight is 394 g/mol. The Labute approximate surface area is 163 Å². The average Bonchev–Trinajstić information content (AvgIpc) is 2.66. The quantitative estimate of drug-likeness (QED) is 0.754. The number of aryl methyl sites for hydroxylation is 1. The van der Waals surface area contributed by atoms with E-state index < -0.39 is 10.0 Å². The Bertz CT molecular complexity index is 758. The summed E-state index contributed by atoms with van der Waals surface area (Å²) in [6.07, 6.45) is 6.37. The van der Waals surface area contributed by atoms with Crippen LogP contribution in [-0.2, 0) is 10.0 Å². The maximum atomic E-state index is 12.5. The maximum Gasteiger partial charge on any atom is 0.251 e. The number of carbonyl (C=O) groups is 1. The number of carbonyl (C=O) groups excluding carboxylic acids is 1. The van der Waals surface area contributed by atoms with Crippen LogP contribution in [0, 0.1) is 6.92 Å². The molecular formula is C20H31N3O3S. The zero-order valence-electron chi connectivity index (χ0n) is 16.2. The van der Waals surface area contributed by atoms with Gasteiger partial charge in [0.2, 0.25) is 10.0 Å². The molecule has 1 amide bonds. The van der Waals surface area contributed by atoms with E-state index in [1.165, 1.54) is 36.7 Å². The first-order valence-electron chi connectivity index (χ1n) is 10.1. The van der Waals surface area contributed by atoms with Crippen molar-refractivity contribution < 1.29 is 13.2 Å². The Kier molecular flexibility index (Phi) is 6.76. The summed E-state index contributed by atoms with van der Waals surface area (Å²) in [5.41, 5.74) is 2.03. The summed E-state index contributed by atoms with van der Waals surface area (Å²) >= 11 is 0. The highest BCUT2D eigenvalue weighted by atomic mass is 32.2. The molecule has 0 spiro atoms. The Morgan fingerprint density at radius 3 is 2.56 bits per heavy atom. The highest BCUT2D eigenvalue weighted by molar-refractivity contribution is 7.92. The summed E-state index contributed by atoms with van der Waals surface area (Å²) in [5.74, 6) is 0.0450. The van der Waals surface area contributed by atoms with Crippen LogP contribution in [0.4, 0.5) is 5.69 Å². The topological polar surface area (TPSA) is 69.7 Å². The van der Waals surface area contributed by atoms with Crippen molar-refractivity contribution in [1.29, 1.82) is 0 Å². The SMILES string of the molecule is Cc1ccc(C(=O)NCCCN2CCCCC2)cc1N1CCCCS1(=O)=O. The zero-order valence-corrected chi connectivity index (χ0v) is 17.1. The second-order valence-corrected chi connectivity index (χ2v) is 9.62. The number of likely N-dealkylation sites (tertiary alicyclic amines) is 1. The molecule has 150 valence electrons. The summed E-state index contributed by atoms with van der Waals surface area (Å²) in [7, 11) is -3.28. The lowest BCUT2D eigenvalue weighted by Gasteiger charge is -2.29. The maximum absolute atomic E-state index is 12.5. The molecule has 7 heteroatoms. The summed E-state index contributed by atoms with van der Waals surface area (Å²) in [5, 5.41) is 2.98. The van der Waals surface area contributed by atoms with Crippen molar-refractivity contribution in [2.45, 2.75) is 45.4 Å². The first-order chi connectivity index (χ1) is 13.0. The smallest absolute Gasteiger partial charge is 0.251 e. The van der Waals surface area contributed by atoms with Gasteiger partial charge in [-0.2, -0.15) is 0 Å². The minimum absolute atomic E-state index is 0.135. The molecule has 3 rings (SSSR count). The predicted octanol–water partition coefficient (Wildman–Crippen LogP) is 2.53. The first kappa shape index (κ1) is 20.1. The number of benzene rings is 1. The van der Waals surface area contributed by atoms with E-state index in [1.807, 2.05) is 13.0 Å². The van der Waals surface area contributed by atoms with Crippen LogP contribution in [0.2, 0.25) is 0 Å². The van der Waals surface area contributed by atoms with Crippen LogP contribution in [0.25, 0.3) is 0 Å². The van der Waals surface area contributed by atoms with Crippen LogP contribution in [0.5, 0.6) is 0 Å². The molecule has 0 aromatic heterocycles. The van der Waals surface area contributed by atoms with Gasteiger partial charge in [0.15, 0.2) is 0 Å². The lowest BCUT2D eigenvalue weighted by atomic mass is 10.1. The number of nitrogens with one attached hydrogen (secondary N) is 1. The molecule has 1 aromatic rings. The van der Waals surface area contributed by atoms with Crippen molar-refractivity contribution in [2.75, 3.05) is 42.8 Å². The number of sulfonamides is 1. The number of piperidine rings is 1. The van der Waals surface area contributed by atoms with Crippen LogP contribution in [0.15, 0.2) is 18.2 Å². The van der Waals surface area contributed by atoms with Gasteiger partial charge >= 0.3 is 0 Å². The van der Waals surface area contributed by atoms with Crippen molar-refractivity contribution in [3.8, 4) is 0 Å². The van der Waals surface area contributed by atoms with Gasteiger partial charge in [0.05, 0.1) is 11.4 Å². The van der Waals surface area contributed by atoms with Crippen molar-refractivity contribution in [1.82, 2.24) is 10.2 Å². The van der Waals surface area contributed by atoms with Gasteiger partial charge in [0.1, 0.15) is 0 Å². The Morgan fingerprint density at radius 2 is 1.81 bits per heavy atom. The summed E-state index contributed by atoms with van der Waals surface area (Å²) in [6.45, 7) is 6.37. The molecule has 0 unspecified atom stereocenters. The van der Waals surface area contributed by atoms with E-state index in [-0.39, 0.29) is 11.7 Å². The van der Waals surface area contributed by atoms with Gasteiger partial charge in [-0.3, -0.25) is 9.10 Å². The second-order valence-electron chi connectivity index (χ2n) is 7.61. The van der Waals surface area contributed by atoms with Gasteiger partial charge in [-0.05, 0) is 76.4 Å². The van der Waals surface area contributed by atoms with Crippen molar-refractivity contribution in [3.63, 3.8) is 0 Å². The van der Waals surface area contributed by atoms with Gasteiger partial charge < -0.3 is 10.2 Å². The van der Waals surface area contributed by atoms with E-state index in [0.29, 0.717) is 30.8 Å². The lowest BCUT2D eigenvalue weighted by molar-refractivity contribution is 0.0951. The number of hydrogen-bond donors (Lipinski definition) is 1. The molecule has 0 aliphatic carbocycles. The predicted molar refractivity (Wildman–Crippen MR) is 109 cm³/mol. The molecule has 2 saturated heterocycles. The molecular weight excluding hydrogens is 362 g/mol. The molecule has 6 nitrogen and oxygen atoms in total. The highest BCUT2D eigenvalue weighted by Crippen LogP contribution is 2.28. The third-order valence-corrected chi connectivity index (χ3v) is 7.33. The van der Waals surface area contributed by atoms with Crippen LogP contribution < -0.4 is 9.62 Å². The van der Waals surface area contributed by atoms with Crippen LogP contribution in [0.1, 0.15) is 54.4 Å². The fourth-order valence-electron chi connectivity index (χ4n) is 3.87. The first-order valence-corrected chi connectivity index (χ1v) is 11.7. The van der Waals surface area contributed by atoms with E-state index in [1.54, 1.807) is 12.1 Å². The molecule has 0 radical (unpaired) electrons. The highest BCUT2D eigenvalue weighted by Gasteiger charge is 2.27. The van der Waals surface area contributed by atoms with Crippen LogP contribution in [0.3, 0.4) is 0 Å². The minimum atomic E-state index is -3.28. The molecule has 2 heterocycles. The number of hydrogen-bond acceptors (Lipinski definition) is 4. The lowest BCUT2D eigenvalue weighted by Crippen LogP contribution is -2.38. The molecule has 0 bridgehead atoms. The van der Waals surface area contributed by atoms with Crippen LogP contribution >= 0.6 is 0 Å². The molecule has 1 N–H and O–H groups in total. The van der Waals surface area contributed by atoms with Crippen molar-refractivity contribution in [3.05, 3.63) is 29.3 Å². The van der Waals surface area contributed by atoms with E-state index >= 15 is 0 Å². The minimum Gasteiger partial charge on any atom is -0.352 e. The molecule has 2 aliphatic heterocycles. The monoisotopic (exact) mass is 393 g/mol.